The number of aliphatic hydroxyl groups excluding tert-OH is 1. The molecule has 12 heteroatoms. The molecule has 0 bridgehead atoms. The summed E-state index contributed by atoms with van der Waals surface area (Å²) in [5.74, 6) is -3.32. The maximum atomic E-state index is 14.6. The summed E-state index contributed by atoms with van der Waals surface area (Å²) in [6.45, 7) is 0.227. The molecule has 3 aliphatic rings. The Hall–Kier alpha value is -4.52. The highest BCUT2D eigenvalue weighted by Gasteiger charge is 2.64. The molecule has 11 nitrogen and oxygen atoms in total. The van der Waals surface area contributed by atoms with E-state index in [0.717, 1.165) is 11.1 Å². The van der Waals surface area contributed by atoms with Crippen molar-refractivity contribution in [1.29, 1.82) is 0 Å². The second kappa shape index (κ2) is 13.3. The SMILES string of the molecule is COC(OC)c1cc(OCc2ccccc2)c2c(c1Cl)CC1CC3[C@H](N(C)C)c4onc(OCc5ccccc5)c4C(=O)[C@@]3(O)C(O)=C1C2=O. The Balaban J connectivity index is 1.33. The van der Waals surface area contributed by atoms with Crippen molar-refractivity contribution in [2.75, 3.05) is 28.3 Å². The number of carbonyl (C=O) groups is 2. The van der Waals surface area contributed by atoms with Gasteiger partial charge in [0.05, 0.1) is 16.6 Å². The maximum Gasteiger partial charge on any atom is 0.265 e. The fraction of sp³-hybridized carbons (Fsp3) is 0.342. The molecular weight excluding hydrogens is 664 g/mol. The van der Waals surface area contributed by atoms with Crippen molar-refractivity contribution >= 4 is 23.2 Å². The first kappa shape index (κ1) is 34.0. The highest BCUT2D eigenvalue weighted by molar-refractivity contribution is 6.33. The largest absolute Gasteiger partial charge is 0.508 e. The minimum absolute atomic E-state index is 0.0582. The number of hydrogen-bond acceptors (Lipinski definition) is 11. The molecule has 1 heterocycles. The first-order chi connectivity index (χ1) is 24.1. The van der Waals surface area contributed by atoms with E-state index in [1.807, 2.05) is 60.7 Å². The molecule has 0 aliphatic heterocycles. The Kier molecular flexibility index (Phi) is 9.04. The predicted octanol–water partition coefficient (Wildman–Crippen LogP) is 6.19. The molecule has 0 spiro atoms. The van der Waals surface area contributed by atoms with Crippen LogP contribution in [0.2, 0.25) is 5.02 Å². The van der Waals surface area contributed by atoms with E-state index in [1.54, 1.807) is 25.1 Å². The topological polar surface area (TPSA) is 141 Å². The van der Waals surface area contributed by atoms with Crippen molar-refractivity contribution in [3.8, 4) is 11.6 Å². The molecule has 3 aliphatic carbocycles. The summed E-state index contributed by atoms with van der Waals surface area (Å²) in [5.41, 5.74) is 0.221. The minimum atomic E-state index is -2.47. The van der Waals surface area contributed by atoms with Crippen LogP contribution in [0, 0.1) is 11.8 Å². The monoisotopic (exact) mass is 700 g/mol. The Morgan fingerprint density at radius 3 is 2.20 bits per heavy atom. The van der Waals surface area contributed by atoms with Gasteiger partial charge in [0.15, 0.2) is 23.4 Å². The van der Waals surface area contributed by atoms with Crippen molar-refractivity contribution in [1.82, 2.24) is 10.1 Å². The third-order valence-corrected chi connectivity index (χ3v) is 10.4. The number of ether oxygens (including phenoxy) is 4. The lowest BCUT2D eigenvalue weighted by atomic mass is 9.58. The summed E-state index contributed by atoms with van der Waals surface area (Å²) in [6, 6.07) is 19.7. The van der Waals surface area contributed by atoms with E-state index in [2.05, 4.69) is 5.16 Å². The molecule has 0 amide bonds. The molecule has 0 fully saturated rings. The zero-order valence-electron chi connectivity index (χ0n) is 28.0. The Morgan fingerprint density at radius 1 is 0.980 bits per heavy atom. The third kappa shape index (κ3) is 5.41. The summed E-state index contributed by atoms with van der Waals surface area (Å²) >= 11 is 7.02. The van der Waals surface area contributed by atoms with Gasteiger partial charge in [-0.2, -0.15) is 0 Å². The average Bonchev–Trinajstić information content (AvgIpc) is 3.54. The molecule has 4 aromatic rings. The van der Waals surface area contributed by atoms with E-state index < -0.39 is 47.1 Å². The van der Waals surface area contributed by atoms with E-state index in [9.17, 15) is 19.8 Å². The fourth-order valence-electron chi connectivity index (χ4n) is 7.67. The van der Waals surface area contributed by atoms with Gasteiger partial charge in [0.1, 0.15) is 30.3 Å². The Labute approximate surface area is 293 Å². The summed E-state index contributed by atoms with van der Waals surface area (Å²) in [4.78, 5) is 30.8. The molecule has 3 aromatic carbocycles. The van der Waals surface area contributed by atoms with Crippen LogP contribution in [-0.2, 0) is 29.1 Å². The van der Waals surface area contributed by atoms with Crippen molar-refractivity contribution in [2.45, 2.75) is 44.0 Å². The Morgan fingerprint density at radius 2 is 1.60 bits per heavy atom. The highest BCUT2D eigenvalue weighted by atomic mass is 35.5. The van der Waals surface area contributed by atoms with Gasteiger partial charge >= 0.3 is 0 Å². The average molecular weight is 701 g/mol. The van der Waals surface area contributed by atoms with Crippen LogP contribution in [0.3, 0.4) is 0 Å². The third-order valence-electron chi connectivity index (χ3n) is 9.98. The molecule has 2 N–H and O–H groups in total. The number of methoxy groups -OCH3 is 2. The summed E-state index contributed by atoms with van der Waals surface area (Å²) in [6.07, 6.45) is -0.486. The lowest BCUT2D eigenvalue weighted by Gasteiger charge is -2.49. The number of aliphatic hydroxyl groups is 2. The second-order valence-electron chi connectivity index (χ2n) is 13.0. The van der Waals surface area contributed by atoms with Gasteiger partial charge in [-0.15, -0.1) is 0 Å². The van der Waals surface area contributed by atoms with Gasteiger partial charge in [0, 0.05) is 31.3 Å². The van der Waals surface area contributed by atoms with E-state index in [1.165, 1.54) is 14.2 Å². The molecule has 1 aromatic heterocycles. The first-order valence-electron chi connectivity index (χ1n) is 16.3. The summed E-state index contributed by atoms with van der Waals surface area (Å²) in [5, 5.41) is 28.8. The van der Waals surface area contributed by atoms with Gasteiger partial charge in [0.25, 0.3) is 5.88 Å². The second-order valence-corrected chi connectivity index (χ2v) is 13.4. The number of ketones is 2. The standard InChI is InChI=1S/C38H37ClN2O9/c1-41(2)31-25-16-22-15-23-28(26(48-18-20-11-7-5-8-12-20)17-24(30(23)39)37(46-3)47-4)32(42)27(22)34(43)38(25,45)35(44)29-33(31)50-40-36(29)49-19-21-13-9-6-10-14-21/h5-14,17,22,25,31,37,43,45H,15-16,18-19H2,1-4H3/t22?,25?,31-,38-/m0/s1. The van der Waals surface area contributed by atoms with Gasteiger partial charge in [-0.3, -0.25) is 14.5 Å². The lowest BCUT2D eigenvalue weighted by Crippen LogP contribution is -2.59. The van der Waals surface area contributed by atoms with Crippen LogP contribution in [-0.4, -0.2) is 65.8 Å². The number of allylic oxidation sites excluding steroid dienone is 1. The van der Waals surface area contributed by atoms with Crippen LogP contribution < -0.4 is 9.47 Å². The normalized spacial score (nSPS) is 22.7. The summed E-state index contributed by atoms with van der Waals surface area (Å²) < 4.78 is 29.0. The number of fused-ring (bicyclic) bond motifs is 4. The number of rotatable bonds is 10. The fourth-order valence-corrected chi connectivity index (χ4v) is 7.99. The van der Waals surface area contributed by atoms with Gasteiger partial charge in [-0.25, -0.2) is 0 Å². The molecule has 7 rings (SSSR count). The quantitative estimate of drug-likeness (QED) is 0.183. The molecule has 50 heavy (non-hydrogen) atoms. The smallest absolute Gasteiger partial charge is 0.265 e. The Bertz CT molecular complexity index is 1970. The van der Waals surface area contributed by atoms with Crippen molar-refractivity contribution in [3.63, 3.8) is 0 Å². The van der Waals surface area contributed by atoms with E-state index in [-0.39, 0.29) is 65.2 Å². The summed E-state index contributed by atoms with van der Waals surface area (Å²) in [7, 11) is 6.53. The number of halogens is 1. The van der Waals surface area contributed by atoms with E-state index in [0.29, 0.717) is 11.1 Å². The van der Waals surface area contributed by atoms with Crippen molar-refractivity contribution in [3.05, 3.63) is 122 Å². The van der Waals surface area contributed by atoms with Crippen LogP contribution in [0.1, 0.15) is 67.5 Å². The van der Waals surface area contributed by atoms with Gasteiger partial charge in [-0.05, 0) is 60.8 Å². The number of aromatic nitrogens is 1. The van der Waals surface area contributed by atoms with Crippen molar-refractivity contribution in [2.24, 2.45) is 11.8 Å². The number of Topliss-reactive ketones (excluding diaryl/α,β-unsaturated/α-hetero) is 2. The first-order valence-corrected chi connectivity index (χ1v) is 16.6. The van der Waals surface area contributed by atoms with E-state index in [4.69, 9.17) is 35.1 Å². The van der Waals surface area contributed by atoms with Crippen LogP contribution in [0.25, 0.3) is 0 Å². The number of carbonyl (C=O) groups excluding carboxylic acids is 2. The number of hydrogen-bond donors (Lipinski definition) is 2. The van der Waals surface area contributed by atoms with Gasteiger partial charge in [-0.1, -0.05) is 72.3 Å². The van der Waals surface area contributed by atoms with Crippen LogP contribution in [0.15, 0.2) is 82.6 Å². The maximum absolute atomic E-state index is 14.6. The van der Waals surface area contributed by atoms with Crippen molar-refractivity contribution < 1.29 is 43.3 Å². The van der Waals surface area contributed by atoms with E-state index >= 15 is 0 Å². The van der Waals surface area contributed by atoms with Crippen LogP contribution in [0.4, 0.5) is 0 Å². The number of benzene rings is 3. The molecule has 2 unspecified atom stereocenters. The zero-order chi connectivity index (χ0) is 35.3. The lowest BCUT2D eigenvalue weighted by molar-refractivity contribution is -0.106. The molecule has 4 atom stereocenters. The molecular formula is C38H37ClN2O9. The molecule has 260 valence electrons. The molecule has 0 saturated heterocycles. The molecule has 0 radical (unpaired) electrons. The predicted molar refractivity (Wildman–Crippen MR) is 181 cm³/mol. The molecule has 0 saturated carbocycles. The minimum Gasteiger partial charge on any atom is -0.508 e. The zero-order valence-corrected chi connectivity index (χ0v) is 28.8. The van der Waals surface area contributed by atoms with Crippen LogP contribution >= 0.6 is 11.6 Å². The highest BCUT2D eigenvalue weighted by Crippen LogP contribution is 2.57. The van der Waals surface area contributed by atoms with Crippen LogP contribution in [0.5, 0.6) is 11.6 Å². The van der Waals surface area contributed by atoms with Gasteiger partial charge < -0.3 is 33.7 Å². The number of nitrogens with zero attached hydrogens (tertiary/aromatic N) is 2. The van der Waals surface area contributed by atoms with Gasteiger partial charge in [0.2, 0.25) is 5.78 Å².